The third-order valence-electron chi connectivity index (χ3n) is 2.61. The van der Waals surface area contributed by atoms with Gasteiger partial charge in [0.05, 0.1) is 0 Å². The lowest BCUT2D eigenvalue weighted by molar-refractivity contribution is 0.819. The van der Waals surface area contributed by atoms with E-state index in [9.17, 15) is 0 Å². The van der Waals surface area contributed by atoms with Crippen LogP contribution in [-0.2, 0) is 13.0 Å². The zero-order valence-corrected chi connectivity index (χ0v) is 10.6. The van der Waals surface area contributed by atoms with Crippen LogP contribution in [0, 0.1) is 0 Å². The van der Waals surface area contributed by atoms with Crippen molar-refractivity contribution in [2.45, 2.75) is 19.9 Å². The molecule has 0 radical (unpaired) electrons. The van der Waals surface area contributed by atoms with Gasteiger partial charge < -0.3 is 10.3 Å². The van der Waals surface area contributed by atoms with E-state index in [1.807, 2.05) is 7.05 Å². The van der Waals surface area contributed by atoms with Gasteiger partial charge in [-0.05, 0) is 47.1 Å². The largest absolute Gasteiger partial charge is 0.357 e. The van der Waals surface area contributed by atoms with Crippen molar-refractivity contribution < 1.29 is 0 Å². The van der Waals surface area contributed by atoms with Crippen LogP contribution < -0.4 is 5.32 Å². The lowest BCUT2D eigenvalue weighted by Gasteiger charge is -1.99. The second-order valence-corrected chi connectivity index (χ2v) is 4.47. The highest BCUT2D eigenvalue weighted by Crippen LogP contribution is 2.28. The van der Waals surface area contributed by atoms with Crippen LogP contribution in [0.25, 0.3) is 10.9 Å². The Morgan fingerprint density at radius 1 is 1.40 bits per heavy atom. The van der Waals surface area contributed by atoms with Gasteiger partial charge in [-0.2, -0.15) is 0 Å². The molecular formula is C12H15BrN2. The van der Waals surface area contributed by atoms with Crippen LogP contribution in [0.15, 0.2) is 22.7 Å². The molecule has 80 valence electrons. The first-order chi connectivity index (χ1) is 7.26. The summed E-state index contributed by atoms with van der Waals surface area (Å²) in [5.41, 5.74) is 3.79. The normalized spacial score (nSPS) is 11.1. The Hall–Kier alpha value is -0.800. The average molecular weight is 267 g/mol. The van der Waals surface area contributed by atoms with Crippen LogP contribution in [0.3, 0.4) is 0 Å². The number of hydrogen-bond acceptors (Lipinski definition) is 1. The van der Waals surface area contributed by atoms with Gasteiger partial charge in [0.25, 0.3) is 0 Å². The molecule has 0 aliphatic heterocycles. The van der Waals surface area contributed by atoms with E-state index in [1.165, 1.54) is 26.6 Å². The standard InChI is InChI=1S/C12H15BrN2/c1-3-10-12(13)9-6-8(7-14-2)4-5-11(9)15-10/h4-6,14-15H,3,7H2,1-2H3. The van der Waals surface area contributed by atoms with Gasteiger partial charge in [0.15, 0.2) is 0 Å². The fraction of sp³-hybridized carbons (Fsp3) is 0.333. The number of hydrogen-bond donors (Lipinski definition) is 2. The van der Waals surface area contributed by atoms with Crippen molar-refractivity contribution in [2.24, 2.45) is 0 Å². The number of nitrogens with one attached hydrogen (secondary N) is 2. The predicted molar refractivity (Wildman–Crippen MR) is 68.1 cm³/mol. The molecule has 0 unspecified atom stereocenters. The molecule has 0 saturated carbocycles. The lowest BCUT2D eigenvalue weighted by atomic mass is 10.1. The molecule has 2 nitrogen and oxygen atoms in total. The molecule has 1 aromatic heterocycles. The Labute approximate surface area is 98.2 Å². The molecule has 1 aromatic carbocycles. The van der Waals surface area contributed by atoms with E-state index in [1.54, 1.807) is 0 Å². The fourth-order valence-electron chi connectivity index (χ4n) is 1.82. The minimum absolute atomic E-state index is 0.912. The summed E-state index contributed by atoms with van der Waals surface area (Å²) in [6, 6.07) is 6.53. The summed E-state index contributed by atoms with van der Waals surface area (Å²) in [7, 11) is 1.97. The number of aromatic amines is 1. The SMILES string of the molecule is CCc1[nH]c2ccc(CNC)cc2c1Br. The Balaban J connectivity index is 2.54. The first-order valence-electron chi connectivity index (χ1n) is 5.19. The zero-order valence-electron chi connectivity index (χ0n) is 9.02. The molecule has 0 bridgehead atoms. The van der Waals surface area contributed by atoms with Crippen LogP contribution >= 0.6 is 15.9 Å². The van der Waals surface area contributed by atoms with E-state index in [0.29, 0.717) is 0 Å². The first kappa shape index (κ1) is 10.7. The van der Waals surface area contributed by atoms with Gasteiger partial charge >= 0.3 is 0 Å². The van der Waals surface area contributed by atoms with Crippen molar-refractivity contribution in [3.63, 3.8) is 0 Å². The first-order valence-corrected chi connectivity index (χ1v) is 5.99. The van der Waals surface area contributed by atoms with Crippen LogP contribution in [0.2, 0.25) is 0 Å². The van der Waals surface area contributed by atoms with E-state index in [4.69, 9.17) is 0 Å². The Morgan fingerprint density at radius 3 is 2.87 bits per heavy atom. The van der Waals surface area contributed by atoms with Crippen molar-refractivity contribution in [1.29, 1.82) is 0 Å². The average Bonchev–Trinajstić information content (AvgIpc) is 2.56. The van der Waals surface area contributed by atoms with Gasteiger partial charge in [-0.15, -0.1) is 0 Å². The molecule has 0 fully saturated rings. The number of rotatable bonds is 3. The topological polar surface area (TPSA) is 27.8 Å². The monoisotopic (exact) mass is 266 g/mol. The second kappa shape index (κ2) is 4.37. The van der Waals surface area contributed by atoms with E-state index in [0.717, 1.165) is 13.0 Å². The van der Waals surface area contributed by atoms with Crippen LogP contribution in [0.5, 0.6) is 0 Å². The van der Waals surface area contributed by atoms with E-state index < -0.39 is 0 Å². The summed E-state index contributed by atoms with van der Waals surface area (Å²) in [4.78, 5) is 3.42. The molecule has 2 N–H and O–H groups in total. The highest BCUT2D eigenvalue weighted by molar-refractivity contribution is 9.10. The summed E-state index contributed by atoms with van der Waals surface area (Å²) in [6.07, 6.45) is 1.02. The van der Waals surface area contributed by atoms with Crippen molar-refractivity contribution in [1.82, 2.24) is 10.3 Å². The van der Waals surface area contributed by atoms with Gasteiger partial charge in [0, 0.05) is 27.6 Å². The molecule has 0 atom stereocenters. The molecule has 0 saturated heterocycles. The van der Waals surface area contributed by atoms with Gasteiger partial charge in [0.2, 0.25) is 0 Å². The van der Waals surface area contributed by atoms with Crippen LogP contribution in [-0.4, -0.2) is 12.0 Å². The number of benzene rings is 1. The summed E-state index contributed by atoms with van der Waals surface area (Å²) < 4.78 is 1.21. The third kappa shape index (κ3) is 1.94. The van der Waals surface area contributed by atoms with Crippen LogP contribution in [0.4, 0.5) is 0 Å². The van der Waals surface area contributed by atoms with E-state index >= 15 is 0 Å². The molecule has 2 rings (SSSR count). The van der Waals surface area contributed by atoms with Crippen molar-refractivity contribution in [2.75, 3.05) is 7.05 Å². The van der Waals surface area contributed by atoms with Gasteiger partial charge in [0.1, 0.15) is 0 Å². The van der Waals surface area contributed by atoms with Crippen LogP contribution in [0.1, 0.15) is 18.2 Å². The van der Waals surface area contributed by atoms with Crippen molar-refractivity contribution in [3.05, 3.63) is 33.9 Å². The molecule has 0 spiro atoms. The molecule has 15 heavy (non-hydrogen) atoms. The summed E-state index contributed by atoms with van der Waals surface area (Å²) >= 11 is 3.65. The smallest absolute Gasteiger partial charge is 0.0468 e. The van der Waals surface area contributed by atoms with Gasteiger partial charge in [-0.25, -0.2) is 0 Å². The second-order valence-electron chi connectivity index (χ2n) is 3.68. The number of aromatic nitrogens is 1. The van der Waals surface area contributed by atoms with Gasteiger partial charge in [-0.3, -0.25) is 0 Å². The molecule has 3 heteroatoms. The summed E-state index contributed by atoms with van der Waals surface area (Å²) in [6.45, 7) is 3.07. The van der Waals surface area contributed by atoms with Crippen molar-refractivity contribution >= 4 is 26.8 Å². The molecule has 0 aliphatic rings. The summed E-state index contributed by atoms with van der Waals surface area (Å²) in [5.74, 6) is 0. The fourth-order valence-corrected chi connectivity index (χ4v) is 2.53. The number of fused-ring (bicyclic) bond motifs is 1. The number of aryl methyl sites for hydroxylation is 1. The molecule has 2 aromatic rings. The predicted octanol–water partition coefficient (Wildman–Crippen LogP) is 3.21. The van der Waals surface area contributed by atoms with Crippen molar-refractivity contribution in [3.8, 4) is 0 Å². The molecule has 0 aliphatic carbocycles. The molecule has 0 amide bonds. The highest BCUT2D eigenvalue weighted by Gasteiger charge is 2.07. The quantitative estimate of drug-likeness (QED) is 0.878. The lowest BCUT2D eigenvalue weighted by Crippen LogP contribution is -2.04. The number of H-pyrrole nitrogens is 1. The van der Waals surface area contributed by atoms with E-state index in [-0.39, 0.29) is 0 Å². The summed E-state index contributed by atoms with van der Waals surface area (Å²) in [5, 5.41) is 4.44. The minimum Gasteiger partial charge on any atom is -0.357 e. The Kier molecular flexibility index (Phi) is 3.12. The highest BCUT2D eigenvalue weighted by atomic mass is 79.9. The minimum atomic E-state index is 0.912. The Bertz CT molecular complexity index is 474. The molecular weight excluding hydrogens is 252 g/mol. The zero-order chi connectivity index (χ0) is 10.8. The van der Waals surface area contributed by atoms with Gasteiger partial charge in [-0.1, -0.05) is 13.0 Å². The number of halogens is 1. The maximum Gasteiger partial charge on any atom is 0.0468 e. The Morgan fingerprint density at radius 2 is 2.20 bits per heavy atom. The maximum atomic E-state index is 3.65. The molecule has 1 heterocycles. The maximum absolute atomic E-state index is 3.65. The van der Waals surface area contributed by atoms with E-state index in [2.05, 4.69) is 51.4 Å². The third-order valence-corrected chi connectivity index (χ3v) is 3.51.